The minimum atomic E-state index is -3.57. The summed E-state index contributed by atoms with van der Waals surface area (Å²) < 4.78 is 32.1. The average molecular weight is 313 g/mol. The molecule has 1 aliphatic carbocycles. The fraction of sp³-hybridized carbons (Fsp3) is 0.600. The van der Waals surface area contributed by atoms with Crippen molar-refractivity contribution in [3.63, 3.8) is 0 Å². The van der Waals surface area contributed by atoms with Crippen molar-refractivity contribution in [3.8, 4) is 5.75 Å². The van der Waals surface area contributed by atoms with Crippen molar-refractivity contribution in [1.29, 1.82) is 0 Å². The van der Waals surface area contributed by atoms with Crippen molar-refractivity contribution in [2.24, 2.45) is 0 Å². The summed E-state index contributed by atoms with van der Waals surface area (Å²) in [5.74, 6) is 0.625. The molecule has 0 aliphatic heterocycles. The molecule has 1 fully saturated rings. The van der Waals surface area contributed by atoms with E-state index in [0.717, 1.165) is 32.1 Å². The monoisotopic (exact) mass is 313 g/mol. The second kappa shape index (κ2) is 7.24. The quantitative estimate of drug-likeness (QED) is 0.872. The van der Waals surface area contributed by atoms with Crippen LogP contribution in [0.2, 0.25) is 0 Å². The van der Waals surface area contributed by atoms with Crippen LogP contribution in [0.25, 0.3) is 0 Å². The summed E-state index contributed by atoms with van der Waals surface area (Å²) in [6.45, 7) is -0.00901. The highest BCUT2D eigenvalue weighted by Gasteiger charge is 2.31. The van der Waals surface area contributed by atoms with Gasteiger partial charge in [-0.05, 0) is 37.1 Å². The molecule has 0 amide bonds. The second-order valence-corrected chi connectivity index (χ2v) is 7.20. The lowest BCUT2D eigenvalue weighted by atomic mass is 9.95. The number of nitrogens with zero attached hydrogens (tertiary/aromatic N) is 1. The average Bonchev–Trinajstić information content (AvgIpc) is 2.53. The molecule has 0 saturated heterocycles. The Hall–Kier alpha value is -1.11. The van der Waals surface area contributed by atoms with E-state index in [1.165, 1.54) is 4.31 Å². The van der Waals surface area contributed by atoms with E-state index in [2.05, 4.69) is 0 Å². The molecule has 1 aliphatic rings. The highest BCUT2D eigenvalue weighted by Crippen LogP contribution is 2.28. The number of benzene rings is 1. The zero-order valence-corrected chi connectivity index (χ0v) is 13.2. The molecule has 6 heteroatoms. The zero-order valence-electron chi connectivity index (χ0n) is 12.4. The molecule has 0 bridgehead atoms. The van der Waals surface area contributed by atoms with Crippen LogP contribution in [0.4, 0.5) is 0 Å². The minimum Gasteiger partial charge on any atom is -0.497 e. The van der Waals surface area contributed by atoms with Gasteiger partial charge in [0.2, 0.25) is 10.0 Å². The Labute approximate surface area is 126 Å². The van der Waals surface area contributed by atoms with Crippen LogP contribution in [0.15, 0.2) is 29.2 Å². The number of aliphatic hydroxyl groups excluding tert-OH is 1. The van der Waals surface area contributed by atoms with Gasteiger partial charge in [-0.2, -0.15) is 4.31 Å². The van der Waals surface area contributed by atoms with E-state index in [1.807, 2.05) is 0 Å². The lowest BCUT2D eigenvalue weighted by Gasteiger charge is -2.33. The minimum absolute atomic E-state index is 0.00185. The predicted octanol–water partition coefficient (Wildman–Crippen LogP) is 2.01. The third-order valence-electron chi connectivity index (χ3n) is 3.97. The summed E-state index contributed by atoms with van der Waals surface area (Å²) in [4.78, 5) is 0.252. The molecule has 1 N–H and O–H groups in total. The second-order valence-electron chi connectivity index (χ2n) is 5.31. The van der Waals surface area contributed by atoms with Crippen LogP contribution in [0, 0.1) is 0 Å². The standard InChI is InChI=1S/C15H23NO4S/c1-20-14-7-9-15(10-8-14)21(18,19)16(11-12-17)13-5-3-2-4-6-13/h7-10,13,17H,2-6,11-12H2,1H3. The van der Waals surface area contributed by atoms with E-state index >= 15 is 0 Å². The molecule has 0 atom stereocenters. The Bertz CT molecular complexity index is 535. The summed E-state index contributed by atoms with van der Waals surface area (Å²) in [5, 5.41) is 9.23. The van der Waals surface area contributed by atoms with Crippen LogP contribution >= 0.6 is 0 Å². The number of ether oxygens (including phenoxy) is 1. The molecule has 5 nitrogen and oxygen atoms in total. The number of methoxy groups -OCH3 is 1. The van der Waals surface area contributed by atoms with Gasteiger partial charge in [-0.1, -0.05) is 19.3 Å². The van der Waals surface area contributed by atoms with Crippen LogP contribution < -0.4 is 4.74 Å². The lowest BCUT2D eigenvalue weighted by molar-refractivity contribution is 0.199. The molecule has 2 rings (SSSR count). The van der Waals surface area contributed by atoms with E-state index in [0.29, 0.717) is 5.75 Å². The third kappa shape index (κ3) is 3.75. The Balaban J connectivity index is 2.27. The van der Waals surface area contributed by atoms with E-state index in [-0.39, 0.29) is 24.1 Å². The number of hydrogen-bond donors (Lipinski definition) is 1. The van der Waals surface area contributed by atoms with E-state index in [1.54, 1.807) is 31.4 Å². The van der Waals surface area contributed by atoms with Crippen LogP contribution in [0.1, 0.15) is 32.1 Å². The Morgan fingerprint density at radius 2 is 1.81 bits per heavy atom. The number of rotatable bonds is 6. The van der Waals surface area contributed by atoms with Gasteiger partial charge in [-0.25, -0.2) is 8.42 Å². The fourth-order valence-corrected chi connectivity index (χ4v) is 4.53. The maximum atomic E-state index is 12.8. The summed E-state index contributed by atoms with van der Waals surface area (Å²) in [7, 11) is -2.02. The summed E-state index contributed by atoms with van der Waals surface area (Å²) in [6.07, 6.45) is 4.99. The van der Waals surface area contributed by atoms with Crippen LogP contribution in [0.3, 0.4) is 0 Å². The molecule has 0 aromatic heterocycles. The van der Waals surface area contributed by atoms with Gasteiger partial charge in [0.25, 0.3) is 0 Å². The summed E-state index contributed by atoms with van der Waals surface area (Å²) in [5.41, 5.74) is 0. The van der Waals surface area contributed by atoms with E-state index in [9.17, 15) is 13.5 Å². The van der Waals surface area contributed by atoms with Crippen molar-refractivity contribution in [3.05, 3.63) is 24.3 Å². The zero-order chi connectivity index (χ0) is 15.3. The van der Waals surface area contributed by atoms with Gasteiger partial charge in [0.1, 0.15) is 5.75 Å². The van der Waals surface area contributed by atoms with Gasteiger partial charge in [-0.3, -0.25) is 0 Å². The largest absolute Gasteiger partial charge is 0.497 e. The van der Waals surface area contributed by atoms with Crippen LogP contribution in [-0.4, -0.2) is 44.1 Å². The van der Waals surface area contributed by atoms with Gasteiger partial charge >= 0.3 is 0 Å². The van der Waals surface area contributed by atoms with Crippen molar-refractivity contribution in [2.45, 2.75) is 43.0 Å². The molecule has 118 valence electrons. The molecule has 1 aromatic carbocycles. The normalized spacial score (nSPS) is 17.1. The number of aliphatic hydroxyl groups is 1. The van der Waals surface area contributed by atoms with Crippen molar-refractivity contribution in [1.82, 2.24) is 4.31 Å². The number of hydrogen-bond acceptors (Lipinski definition) is 4. The van der Waals surface area contributed by atoms with Gasteiger partial charge in [-0.15, -0.1) is 0 Å². The molecule has 0 heterocycles. The topological polar surface area (TPSA) is 66.8 Å². The molecule has 21 heavy (non-hydrogen) atoms. The van der Waals surface area contributed by atoms with Crippen molar-refractivity contribution < 1.29 is 18.3 Å². The third-order valence-corrected chi connectivity index (χ3v) is 5.93. The lowest BCUT2D eigenvalue weighted by Crippen LogP contribution is -2.43. The molecule has 1 saturated carbocycles. The Morgan fingerprint density at radius 1 is 1.19 bits per heavy atom. The Kier molecular flexibility index (Phi) is 5.61. The number of sulfonamides is 1. The molecule has 0 radical (unpaired) electrons. The SMILES string of the molecule is COc1ccc(S(=O)(=O)N(CCO)C2CCCCC2)cc1. The van der Waals surface area contributed by atoms with E-state index < -0.39 is 10.0 Å². The van der Waals surface area contributed by atoms with Gasteiger partial charge in [0, 0.05) is 12.6 Å². The first kappa shape index (κ1) is 16.3. The molecule has 0 spiro atoms. The smallest absolute Gasteiger partial charge is 0.243 e. The van der Waals surface area contributed by atoms with E-state index in [4.69, 9.17) is 4.74 Å². The molecular weight excluding hydrogens is 290 g/mol. The first-order valence-electron chi connectivity index (χ1n) is 7.36. The molecule has 0 unspecified atom stereocenters. The molecular formula is C15H23NO4S. The van der Waals surface area contributed by atoms with Gasteiger partial charge < -0.3 is 9.84 Å². The van der Waals surface area contributed by atoms with Gasteiger partial charge in [0.05, 0.1) is 18.6 Å². The first-order valence-corrected chi connectivity index (χ1v) is 8.80. The highest BCUT2D eigenvalue weighted by molar-refractivity contribution is 7.89. The predicted molar refractivity (Wildman–Crippen MR) is 80.8 cm³/mol. The maximum Gasteiger partial charge on any atom is 0.243 e. The molecule has 1 aromatic rings. The van der Waals surface area contributed by atoms with Crippen LogP contribution in [0.5, 0.6) is 5.75 Å². The summed E-state index contributed by atoms with van der Waals surface area (Å²) >= 11 is 0. The fourth-order valence-electron chi connectivity index (χ4n) is 2.85. The van der Waals surface area contributed by atoms with Crippen molar-refractivity contribution >= 4 is 10.0 Å². The summed E-state index contributed by atoms with van der Waals surface area (Å²) in [6, 6.07) is 6.40. The van der Waals surface area contributed by atoms with Crippen LogP contribution in [-0.2, 0) is 10.0 Å². The first-order chi connectivity index (χ1) is 10.1. The maximum absolute atomic E-state index is 12.8. The van der Waals surface area contributed by atoms with Gasteiger partial charge in [0.15, 0.2) is 0 Å². The highest BCUT2D eigenvalue weighted by atomic mass is 32.2. The Morgan fingerprint density at radius 3 is 2.33 bits per heavy atom. The van der Waals surface area contributed by atoms with Crippen molar-refractivity contribution in [2.75, 3.05) is 20.3 Å².